The summed E-state index contributed by atoms with van der Waals surface area (Å²) in [6.07, 6.45) is 0. The van der Waals surface area contributed by atoms with Gasteiger partial charge in [-0.05, 0) is 33.6 Å². The van der Waals surface area contributed by atoms with Gasteiger partial charge in [-0.15, -0.1) is 0 Å². The van der Waals surface area contributed by atoms with E-state index in [0.29, 0.717) is 5.92 Å². The van der Waals surface area contributed by atoms with Crippen molar-refractivity contribution in [2.75, 3.05) is 0 Å². The molecule has 0 N–H and O–H groups in total. The molecule has 0 radical (unpaired) electrons. The molecule has 0 unspecified atom stereocenters. The van der Waals surface area contributed by atoms with Crippen LogP contribution in [0.5, 0.6) is 0 Å². The number of hydrogen-bond donors (Lipinski definition) is 0. The van der Waals surface area contributed by atoms with Crippen molar-refractivity contribution >= 4 is 0 Å². The summed E-state index contributed by atoms with van der Waals surface area (Å²) in [5.41, 5.74) is 5.60. The standard InChI is InChI=1S/C19H24/c1-14(2)15-9-11-16(12-10-15)17-7-6-8-18(13-17)19(3,4)5/h6-14H,1-5H3. The van der Waals surface area contributed by atoms with Crippen molar-refractivity contribution in [3.05, 3.63) is 59.7 Å². The van der Waals surface area contributed by atoms with Gasteiger partial charge in [0.2, 0.25) is 0 Å². The van der Waals surface area contributed by atoms with Gasteiger partial charge in [-0.2, -0.15) is 0 Å². The average molecular weight is 252 g/mol. The molecule has 0 aliphatic carbocycles. The minimum absolute atomic E-state index is 0.202. The monoisotopic (exact) mass is 252 g/mol. The van der Waals surface area contributed by atoms with E-state index < -0.39 is 0 Å². The maximum atomic E-state index is 2.31. The molecule has 0 atom stereocenters. The molecule has 0 heterocycles. The molecule has 2 aromatic carbocycles. The lowest BCUT2D eigenvalue weighted by Gasteiger charge is -2.20. The van der Waals surface area contributed by atoms with Crippen LogP contribution in [0.4, 0.5) is 0 Å². The average Bonchev–Trinajstić information content (AvgIpc) is 2.38. The second-order valence-electron chi connectivity index (χ2n) is 6.61. The third-order valence-electron chi connectivity index (χ3n) is 3.64. The van der Waals surface area contributed by atoms with Crippen LogP contribution in [-0.2, 0) is 5.41 Å². The van der Waals surface area contributed by atoms with Crippen LogP contribution in [0.3, 0.4) is 0 Å². The second-order valence-corrected chi connectivity index (χ2v) is 6.61. The molecule has 0 nitrogen and oxygen atoms in total. The van der Waals surface area contributed by atoms with Crippen LogP contribution in [0.25, 0.3) is 11.1 Å². The van der Waals surface area contributed by atoms with E-state index in [1.807, 2.05) is 0 Å². The third-order valence-corrected chi connectivity index (χ3v) is 3.64. The quantitative estimate of drug-likeness (QED) is 0.636. The predicted octanol–water partition coefficient (Wildman–Crippen LogP) is 5.77. The van der Waals surface area contributed by atoms with Crippen molar-refractivity contribution < 1.29 is 0 Å². The summed E-state index contributed by atoms with van der Waals surface area (Å²) >= 11 is 0. The van der Waals surface area contributed by atoms with E-state index >= 15 is 0 Å². The Balaban J connectivity index is 2.37. The minimum atomic E-state index is 0.202. The molecule has 0 aromatic heterocycles. The first-order chi connectivity index (χ1) is 8.88. The normalized spacial score (nSPS) is 11.9. The summed E-state index contributed by atoms with van der Waals surface area (Å²) in [6.45, 7) is 11.2. The van der Waals surface area contributed by atoms with E-state index in [1.165, 1.54) is 22.3 Å². The smallest absolute Gasteiger partial charge is 0.0132 e. The van der Waals surface area contributed by atoms with Gasteiger partial charge in [0.1, 0.15) is 0 Å². The van der Waals surface area contributed by atoms with Crippen LogP contribution in [0.15, 0.2) is 48.5 Å². The Morgan fingerprint density at radius 1 is 0.789 bits per heavy atom. The maximum absolute atomic E-state index is 2.31. The molecule has 100 valence electrons. The number of rotatable bonds is 2. The highest BCUT2D eigenvalue weighted by Gasteiger charge is 2.13. The zero-order valence-electron chi connectivity index (χ0n) is 12.7. The Morgan fingerprint density at radius 2 is 1.42 bits per heavy atom. The van der Waals surface area contributed by atoms with Crippen LogP contribution in [0.2, 0.25) is 0 Å². The van der Waals surface area contributed by atoms with Crippen molar-refractivity contribution in [1.82, 2.24) is 0 Å². The summed E-state index contributed by atoms with van der Waals surface area (Å²) in [6, 6.07) is 17.8. The first kappa shape index (κ1) is 13.9. The van der Waals surface area contributed by atoms with Gasteiger partial charge in [-0.25, -0.2) is 0 Å². The van der Waals surface area contributed by atoms with E-state index in [9.17, 15) is 0 Å². The van der Waals surface area contributed by atoms with Crippen LogP contribution in [0.1, 0.15) is 51.7 Å². The molecule has 0 saturated carbocycles. The van der Waals surface area contributed by atoms with Gasteiger partial charge in [-0.1, -0.05) is 83.1 Å². The van der Waals surface area contributed by atoms with Crippen molar-refractivity contribution in [3.8, 4) is 11.1 Å². The van der Waals surface area contributed by atoms with Gasteiger partial charge in [0.05, 0.1) is 0 Å². The molecule has 2 rings (SSSR count). The zero-order valence-corrected chi connectivity index (χ0v) is 12.7. The zero-order chi connectivity index (χ0) is 14.0. The molecule has 0 bridgehead atoms. The van der Waals surface area contributed by atoms with Gasteiger partial charge in [0.25, 0.3) is 0 Å². The molecule has 0 fully saturated rings. The fraction of sp³-hybridized carbons (Fsp3) is 0.368. The van der Waals surface area contributed by atoms with E-state index in [0.717, 1.165) is 0 Å². The first-order valence-corrected chi connectivity index (χ1v) is 7.09. The fourth-order valence-corrected chi connectivity index (χ4v) is 2.23. The third kappa shape index (κ3) is 3.26. The van der Waals surface area contributed by atoms with Crippen LogP contribution in [0, 0.1) is 0 Å². The highest BCUT2D eigenvalue weighted by molar-refractivity contribution is 5.65. The van der Waals surface area contributed by atoms with Crippen molar-refractivity contribution in [2.45, 2.75) is 46.0 Å². The first-order valence-electron chi connectivity index (χ1n) is 7.09. The summed E-state index contributed by atoms with van der Waals surface area (Å²) < 4.78 is 0. The molecule has 0 aliphatic rings. The van der Waals surface area contributed by atoms with Crippen LogP contribution >= 0.6 is 0 Å². The van der Waals surface area contributed by atoms with Gasteiger partial charge in [-0.3, -0.25) is 0 Å². The second kappa shape index (κ2) is 5.21. The van der Waals surface area contributed by atoms with Gasteiger partial charge < -0.3 is 0 Å². The Kier molecular flexibility index (Phi) is 3.80. The van der Waals surface area contributed by atoms with Crippen molar-refractivity contribution in [1.29, 1.82) is 0 Å². The Bertz CT molecular complexity index is 539. The maximum Gasteiger partial charge on any atom is -0.0132 e. The lowest BCUT2D eigenvalue weighted by molar-refractivity contribution is 0.590. The number of hydrogen-bond acceptors (Lipinski definition) is 0. The number of benzene rings is 2. The summed E-state index contributed by atoms with van der Waals surface area (Å²) in [5.74, 6) is 0.593. The molecular formula is C19H24. The topological polar surface area (TPSA) is 0 Å². The van der Waals surface area contributed by atoms with Crippen molar-refractivity contribution in [3.63, 3.8) is 0 Å². The minimum Gasteiger partial charge on any atom is -0.0614 e. The Hall–Kier alpha value is -1.56. The van der Waals surface area contributed by atoms with E-state index in [2.05, 4.69) is 83.1 Å². The van der Waals surface area contributed by atoms with Gasteiger partial charge in [0, 0.05) is 0 Å². The molecule has 0 spiro atoms. The lowest BCUT2D eigenvalue weighted by atomic mass is 9.85. The molecule has 19 heavy (non-hydrogen) atoms. The fourth-order valence-electron chi connectivity index (χ4n) is 2.23. The van der Waals surface area contributed by atoms with E-state index in [4.69, 9.17) is 0 Å². The van der Waals surface area contributed by atoms with E-state index in [-0.39, 0.29) is 5.41 Å². The molecule has 0 amide bonds. The molecule has 0 aliphatic heterocycles. The largest absolute Gasteiger partial charge is 0.0614 e. The Morgan fingerprint density at radius 3 is 1.95 bits per heavy atom. The van der Waals surface area contributed by atoms with Crippen LogP contribution < -0.4 is 0 Å². The Labute approximate surface area is 117 Å². The summed E-state index contributed by atoms with van der Waals surface area (Å²) in [4.78, 5) is 0. The molecule has 0 saturated heterocycles. The SMILES string of the molecule is CC(C)c1ccc(-c2cccc(C(C)(C)C)c2)cc1. The van der Waals surface area contributed by atoms with Crippen LogP contribution in [-0.4, -0.2) is 0 Å². The summed E-state index contributed by atoms with van der Waals surface area (Å²) in [5, 5.41) is 0. The van der Waals surface area contributed by atoms with Gasteiger partial charge >= 0.3 is 0 Å². The molecular weight excluding hydrogens is 228 g/mol. The lowest BCUT2D eigenvalue weighted by Crippen LogP contribution is -2.10. The summed E-state index contributed by atoms with van der Waals surface area (Å²) in [7, 11) is 0. The van der Waals surface area contributed by atoms with Gasteiger partial charge in [0.15, 0.2) is 0 Å². The predicted molar refractivity (Wildman–Crippen MR) is 84.7 cm³/mol. The highest BCUT2D eigenvalue weighted by atomic mass is 14.2. The molecule has 0 heteroatoms. The molecule has 2 aromatic rings. The highest BCUT2D eigenvalue weighted by Crippen LogP contribution is 2.28. The van der Waals surface area contributed by atoms with E-state index in [1.54, 1.807) is 0 Å². The van der Waals surface area contributed by atoms with Crippen molar-refractivity contribution in [2.24, 2.45) is 0 Å².